The molecule has 0 aliphatic heterocycles. The van der Waals surface area contributed by atoms with E-state index in [4.69, 9.17) is 9.47 Å². The van der Waals surface area contributed by atoms with Gasteiger partial charge in [-0.2, -0.15) is 0 Å². The van der Waals surface area contributed by atoms with Crippen molar-refractivity contribution in [3.63, 3.8) is 0 Å². The zero-order valence-corrected chi connectivity index (χ0v) is 16.3. The molecule has 0 unspecified atom stereocenters. The third-order valence-electron chi connectivity index (χ3n) is 3.98. The molecule has 0 bridgehead atoms. The van der Waals surface area contributed by atoms with Crippen LogP contribution in [0.2, 0.25) is 0 Å². The molecule has 3 aromatic rings. The van der Waals surface area contributed by atoms with Crippen molar-refractivity contribution in [3.8, 4) is 22.8 Å². The fourth-order valence-electron chi connectivity index (χ4n) is 2.63. The Morgan fingerprint density at radius 1 is 1.18 bits per heavy atom. The minimum Gasteiger partial charge on any atom is -0.493 e. The fourth-order valence-corrected chi connectivity index (χ4v) is 3.33. The smallest absolute Gasteiger partial charge is 0.255 e. The number of H-pyrrole nitrogens is 1. The minimum absolute atomic E-state index is 0.234. The first-order valence-electron chi connectivity index (χ1n) is 8.55. The van der Waals surface area contributed by atoms with Crippen molar-refractivity contribution in [2.45, 2.75) is 5.16 Å². The molecule has 3 rings (SSSR count). The highest BCUT2D eigenvalue weighted by Gasteiger charge is 2.15. The van der Waals surface area contributed by atoms with Gasteiger partial charge in [0.25, 0.3) is 5.91 Å². The maximum absolute atomic E-state index is 13.0. The van der Waals surface area contributed by atoms with Gasteiger partial charge in [0.15, 0.2) is 16.7 Å². The third kappa shape index (κ3) is 4.64. The summed E-state index contributed by atoms with van der Waals surface area (Å²) in [5.41, 5.74) is 2.09. The van der Waals surface area contributed by atoms with Crippen LogP contribution in [0.15, 0.2) is 53.8 Å². The summed E-state index contributed by atoms with van der Waals surface area (Å²) in [5, 5.41) is 3.59. The first-order valence-corrected chi connectivity index (χ1v) is 9.54. The first-order chi connectivity index (χ1) is 13.6. The Morgan fingerprint density at radius 3 is 2.68 bits per heavy atom. The van der Waals surface area contributed by atoms with Gasteiger partial charge in [0.05, 0.1) is 31.7 Å². The molecule has 0 atom stereocenters. The number of halogens is 1. The van der Waals surface area contributed by atoms with Crippen LogP contribution in [0, 0.1) is 5.82 Å². The molecule has 0 radical (unpaired) electrons. The molecular formula is C20H20FN3O3S. The predicted octanol–water partition coefficient (Wildman–Crippen LogP) is 3.76. The van der Waals surface area contributed by atoms with Crippen LogP contribution in [-0.4, -0.2) is 42.4 Å². The molecule has 146 valence electrons. The molecule has 0 spiro atoms. The molecule has 1 amide bonds. The number of benzene rings is 2. The fraction of sp³-hybridized carbons (Fsp3) is 0.200. The minimum atomic E-state index is -0.277. The van der Waals surface area contributed by atoms with E-state index in [0.29, 0.717) is 29.4 Å². The van der Waals surface area contributed by atoms with Crippen LogP contribution in [0.4, 0.5) is 4.39 Å². The highest BCUT2D eigenvalue weighted by atomic mass is 32.2. The Hall–Kier alpha value is -3.00. The number of methoxy groups -OCH3 is 2. The molecule has 0 aliphatic carbocycles. The zero-order chi connectivity index (χ0) is 19.9. The van der Waals surface area contributed by atoms with E-state index in [1.807, 2.05) is 0 Å². The Labute approximate surface area is 166 Å². The number of para-hydroxylation sites is 1. The van der Waals surface area contributed by atoms with Gasteiger partial charge >= 0.3 is 0 Å². The van der Waals surface area contributed by atoms with E-state index in [2.05, 4.69) is 15.3 Å². The van der Waals surface area contributed by atoms with E-state index in [1.54, 1.807) is 36.5 Å². The Balaban J connectivity index is 1.52. The number of hydrogen-bond acceptors (Lipinski definition) is 5. The molecule has 0 saturated carbocycles. The van der Waals surface area contributed by atoms with Gasteiger partial charge in [-0.1, -0.05) is 17.8 Å². The lowest BCUT2D eigenvalue weighted by molar-refractivity contribution is 0.0952. The molecule has 1 aromatic heterocycles. The average molecular weight is 401 g/mol. The second-order valence-electron chi connectivity index (χ2n) is 5.75. The first kappa shape index (κ1) is 19.8. The molecule has 8 heteroatoms. The van der Waals surface area contributed by atoms with Crippen molar-refractivity contribution in [3.05, 3.63) is 60.0 Å². The van der Waals surface area contributed by atoms with Gasteiger partial charge in [-0.25, -0.2) is 9.37 Å². The number of thioether (sulfide) groups is 1. The highest BCUT2D eigenvalue weighted by molar-refractivity contribution is 7.99. The summed E-state index contributed by atoms with van der Waals surface area (Å²) in [7, 11) is 3.03. The summed E-state index contributed by atoms with van der Waals surface area (Å²) < 4.78 is 23.5. The summed E-state index contributed by atoms with van der Waals surface area (Å²) in [6.45, 7) is 0.455. The highest BCUT2D eigenvalue weighted by Crippen LogP contribution is 2.30. The summed E-state index contributed by atoms with van der Waals surface area (Å²) in [6, 6.07) is 11.4. The number of ether oxygens (including phenoxy) is 2. The maximum atomic E-state index is 13.0. The number of nitrogens with one attached hydrogen (secondary N) is 2. The van der Waals surface area contributed by atoms with Crippen LogP contribution in [0.3, 0.4) is 0 Å². The van der Waals surface area contributed by atoms with E-state index < -0.39 is 0 Å². The number of nitrogens with zero attached hydrogens (tertiary/aromatic N) is 1. The van der Waals surface area contributed by atoms with Crippen LogP contribution in [-0.2, 0) is 0 Å². The Kier molecular flexibility index (Phi) is 6.54. The van der Waals surface area contributed by atoms with Gasteiger partial charge in [0.1, 0.15) is 5.82 Å². The topological polar surface area (TPSA) is 76.2 Å². The largest absolute Gasteiger partial charge is 0.493 e. The van der Waals surface area contributed by atoms with E-state index in [0.717, 1.165) is 16.4 Å². The normalized spacial score (nSPS) is 10.5. The standard InChI is InChI=1S/C20H20FN3O3S/c1-26-17-5-3-4-15(18(17)27-2)19(25)22-10-11-28-20-23-12-16(24-20)13-6-8-14(21)9-7-13/h3-9,12H,10-11H2,1-2H3,(H,22,25)(H,23,24). The lowest BCUT2D eigenvalue weighted by atomic mass is 10.1. The molecule has 0 saturated heterocycles. The van der Waals surface area contributed by atoms with Crippen molar-refractivity contribution in [1.82, 2.24) is 15.3 Å². The number of carbonyl (C=O) groups is 1. The summed E-state index contributed by atoms with van der Waals surface area (Å²) >= 11 is 1.48. The second-order valence-corrected chi connectivity index (χ2v) is 6.84. The molecule has 0 aliphatic rings. The molecule has 6 nitrogen and oxygen atoms in total. The van der Waals surface area contributed by atoms with E-state index in [9.17, 15) is 9.18 Å². The SMILES string of the molecule is COc1cccc(C(=O)NCCSc2ncc(-c3ccc(F)cc3)[nH]2)c1OC. The second kappa shape index (κ2) is 9.27. The number of imidazole rings is 1. The number of hydrogen-bond donors (Lipinski definition) is 2. The van der Waals surface area contributed by atoms with E-state index in [-0.39, 0.29) is 11.7 Å². The number of aromatic amines is 1. The number of rotatable bonds is 8. The summed E-state index contributed by atoms with van der Waals surface area (Å²) in [5.74, 6) is 1.04. The molecule has 28 heavy (non-hydrogen) atoms. The zero-order valence-electron chi connectivity index (χ0n) is 15.5. The van der Waals surface area contributed by atoms with E-state index >= 15 is 0 Å². The lowest BCUT2D eigenvalue weighted by Gasteiger charge is -2.12. The van der Waals surface area contributed by atoms with Gasteiger partial charge in [-0.15, -0.1) is 0 Å². The maximum Gasteiger partial charge on any atom is 0.255 e. The van der Waals surface area contributed by atoms with Crippen molar-refractivity contribution in [2.24, 2.45) is 0 Å². The van der Waals surface area contributed by atoms with Crippen LogP contribution in [0.1, 0.15) is 10.4 Å². The number of carbonyl (C=O) groups excluding carboxylic acids is 1. The van der Waals surface area contributed by atoms with Crippen molar-refractivity contribution in [2.75, 3.05) is 26.5 Å². The van der Waals surface area contributed by atoms with Gasteiger partial charge in [-0.05, 0) is 42.0 Å². The van der Waals surface area contributed by atoms with E-state index in [1.165, 1.54) is 38.1 Å². The van der Waals surface area contributed by atoms with Crippen LogP contribution in [0.5, 0.6) is 11.5 Å². The number of aromatic nitrogens is 2. The van der Waals surface area contributed by atoms with Crippen molar-refractivity contribution < 1.29 is 18.7 Å². The van der Waals surface area contributed by atoms with Crippen molar-refractivity contribution >= 4 is 17.7 Å². The Bertz CT molecular complexity index is 944. The summed E-state index contributed by atoms with van der Waals surface area (Å²) in [4.78, 5) is 19.9. The monoisotopic (exact) mass is 401 g/mol. The summed E-state index contributed by atoms with van der Waals surface area (Å²) in [6.07, 6.45) is 1.70. The molecule has 2 aromatic carbocycles. The van der Waals surface area contributed by atoms with Crippen LogP contribution < -0.4 is 14.8 Å². The van der Waals surface area contributed by atoms with Gasteiger partial charge in [-0.3, -0.25) is 4.79 Å². The average Bonchev–Trinajstić information content (AvgIpc) is 3.19. The van der Waals surface area contributed by atoms with Gasteiger partial charge in [0, 0.05) is 12.3 Å². The lowest BCUT2D eigenvalue weighted by Crippen LogP contribution is -2.26. The predicted molar refractivity (Wildman–Crippen MR) is 107 cm³/mol. The molecular weight excluding hydrogens is 381 g/mol. The number of amides is 1. The third-order valence-corrected chi connectivity index (χ3v) is 4.87. The van der Waals surface area contributed by atoms with Crippen molar-refractivity contribution in [1.29, 1.82) is 0 Å². The van der Waals surface area contributed by atoms with Crippen LogP contribution in [0.25, 0.3) is 11.3 Å². The van der Waals surface area contributed by atoms with Gasteiger partial charge < -0.3 is 19.8 Å². The molecule has 1 heterocycles. The quantitative estimate of drug-likeness (QED) is 0.444. The molecule has 2 N–H and O–H groups in total. The Morgan fingerprint density at radius 2 is 1.96 bits per heavy atom. The molecule has 0 fully saturated rings. The van der Waals surface area contributed by atoms with Crippen LogP contribution >= 0.6 is 11.8 Å². The van der Waals surface area contributed by atoms with Gasteiger partial charge in [0.2, 0.25) is 0 Å².